The van der Waals surface area contributed by atoms with Gasteiger partial charge in [0.1, 0.15) is 0 Å². The number of esters is 1. The lowest BCUT2D eigenvalue weighted by molar-refractivity contribution is -0.243. The third-order valence-corrected chi connectivity index (χ3v) is 14.1. The Bertz CT molecular complexity index is 1080. The highest BCUT2D eigenvalue weighted by atomic mass is 16.5. The zero-order valence-electron chi connectivity index (χ0n) is 26.1. The molecule has 4 saturated carbocycles. The van der Waals surface area contributed by atoms with Crippen LogP contribution in [0.3, 0.4) is 0 Å². The number of allylic oxidation sites excluding steroid dienone is 1. The van der Waals surface area contributed by atoms with Crippen molar-refractivity contribution in [2.24, 2.45) is 55.7 Å². The van der Waals surface area contributed by atoms with Crippen molar-refractivity contribution in [1.29, 1.82) is 5.41 Å². The summed E-state index contributed by atoms with van der Waals surface area (Å²) in [6, 6.07) is 0. The number of hydrogen-bond donors (Lipinski definition) is 3. The highest BCUT2D eigenvalue weighted by Crippen LogP contribution is 2.78. The molecule has 0 spiro atoms. The number of nitrogens with one attached hydrogen (secondary N) is 1. The van der Waals surface area contributed by atoms with Gasteiger partial charge in [-0.25, -0.2) is 0 Å². The molecule has 0 amide bonds. The van der Waals surface area contributed by atoms with Crippen molar-refractivity contribution in [3.63, 3.8) is 0 Å². The summed E-state index contributed by atoms with van der Waals surface area (Å²) < 4.78 is 5.82. The van der Waals surface area contributed by atoms with E-state index in [0.717, 1.165) is 51.4 Å². The minimum absolute atomic E-state index is 0.0441. The molecule has 10 atom stereocenters. The fourth-order valence-electron chi connectivity index (χ4n) is 12.2. The van der Waals surface area contributed by atoms with Crippen LogP contribution in [0.4, 0.5) is 0 Å². The van der Waals surface area contributed by atoms with Crippen LogP contribution in [0.15, 0.2) is 11.6 Å². The maximum Gasteiger partial charge on any atom is 0.312 e. The fourth-order valence-corrected chi connectivity index (χ4v) is 12.2. The SMILES string of the molecule is CCOC(=O)[C@]12CCC(C)(C)CC1(C)C1C(O)C=C3C4(C)CC(C=N)C(O)C(C)(C)C4CC[C@@]3(C)[C@]1(C)CC2. The summed E-state index contributed by atoms with van der Waals surface area (Å²) >= 11 is 0. The van der Waals surface area contributed by atoms with E-state index in [2.05, 4.69) is 61.5 Å². The van der Waals surface area contributed by atoms with Crippen molar-refractivity contribution in [2.75, 3.05) is 6.61 Å². The van der Waals surface area contributed by atoms with Crippen molar-refractivity contribution in [3.05, 3.63) is 11.6 Å². The van der Waals surface area contributed by atoms with Gasteiger partial charge < -0.3 is 20.4 Å². The van der Waals surface area contributed by atoms with Crippen LogP contribution in [0.1, 0.15) is 114 Å². The van der Waals surface area contributed by atoms with E-state index in [1.165, 1.54) is 11.8 Å². The zero-order valence-corrected chi connectivity index (χ0v) is 26.1. The second-order valence-electron chi connectivity index (χ2n) is 16.7. The number of aliphatic hydroxyl groups is 2. The monoisotopic (exact) mass is 541 g/mol. The van der Waals surface area contributed by atoms with Gasteiger partial charge in [0.2, 0.25) is 0 Å². The molecule has 0 aliphatic heterocycles. The predicted molar refractivity (Wildman–Crippen MR) is 155 cm³/mol. The van der Waals surface area contributed by atoms with Crippen LogP contribution in [-0.4, -0.2) is 41.2 Å². The smallest absolute Gasteiger partial charge is 0.312 e. The molecule has 220 valence electrons. The van der Waals surface area contributed by atoms with E-state index in [1.54, 1.807) is 0 Å². The fraction of sp³-hybridized carbons (Fsp3) is 0.882. The lowest BCUT2D eigenvalue weighted by Gasteiger charge is -2.74. The zero-order chi connectivity index (χ0) is 29.0. The second-order valence-corrected chi connectivity index (χ2v) is 16.7. The van der Waals surface area contributed by atoms with E-state index in [0.29, 0.717) is 6.61 Å². The number of carbonyl (C=O) groups is 1. The highest BCUT2D eigenvalue weighted by Gasteiger charge is 2.74. The van der Waals surface area contributed by atoms with Crippen molar-refractivity contribution in [1.82, 2.24) is 0 Å². The number of carbonyl (C=O) groups excluding carboxylic acids is 1. The molecule has 7 unspecified atom stereocenters. The molecule has 0 bridgehead atoms. The molecule has 5 rings (SSSR count). The molecular weight excluding hydrogens is 486 g/mol. The van der Waals surface area contributed by atoms with Crippen LogP contribution >= 0.6 is 0 Å². The van der Waals surface area contributed by atoms with Crippen LogP contribution in [0, 0.1) is 61.1 Å². The van der Waals surface area contributed by atoms with Crippen molar-refractivity contribution in [3.8, 4) is 0 Å². The Kier molecular flexibility index (Phi) is 6.51. The first kappa shape index (κ1) is 29.3. The van der Waals surface area contributed by atoms with E-state index < -0.39 is 17.6 Å². The first-order valence-electron chi connectivity index (χ1n) is 15.7. The molecule has 0 aromatic carbocycles. The number of fused-ring (bicyclic) bond motifs is 7. The Labute approximate surface area is 237 Å². The molecule has 0 radical (unpaired) electrons. The topological polar surface area (TPSA) is 90.6 Å². The molecular formula is C34H55NO4. The first-order valence-corrected chi connectivity index (χ1v) is 15.7. The minimum Gasteiger partial charge on any atom is -0.466 e. The third-order valence-electron chi connectivity index (χ3n) is 14.1. The molecule has 0 heterocycles. The Morgan fingerprint density at radius 2 is 1.64 bits per heavy atom. The van der Waals surface area contributed by atoms with Gasteiger partial charge in [-0.15, -0.1) is 0 Å². The summed E-state index contributed by atoms with van der Waals surface area (Å²) in [7, 11) is 0. The van der Waals surface area contributed by atoms with Crippen molar-refractivity contribution < 1.29 is 19.7 Å². The number of hydrogen-bond acceptors (Lipinski definition) is 5. The van der Waals surface area contributed by atoms with Gasteiger partial charge in [-0.2, -0.15) is 0 Å². The molecule has 5 aliphatic rings. The van der Waals surface area contributed by atoms with Gasteiger partial charge in [-0.05, 0) is 96.7 Å². The molecule has 39 heavy (non-hydrogen) atoms. The number of ether oxygens (including phenoxy) is 1. The standard InChI is InChI=1S/C34H55NO4/c1-10-39-27(38)34-15-13-28(2,3)20-33(34,9)25-22(36)17-24-30(6)18-21(19-35)26(37)29(4,5)23(30)11-12-31(24,7)32(25,8)14-16-34/h17,19,21-23,25-26,35-37H,10-16,18,20H2,1-9H3/t21?,22?,23?,25?,26?,30?,31-,32-,33?,34-/m1/s1. The summed E-state index contributed by atoms with van der Waals surface area (Å²) in [5, 5.41) is 31.7. The van der Waals surface area contributed by atoms with E-state index in [4.69, 9.17) is 10.1 Å². The molecule has 4 fully saturated rings. The molecule has 0 aromatic heterocycles. The third kappa shape index (κ3) is 3.50. The van der Waals surface area contributed by atoms with E-state index >= 15 is 0 Å². The summed E-state index contributed by atoms with van der Waals surface area (Å²) in [5.41, 5.74) is -0.309. The lowest BCUT2D eigenvalue weighted by atomic mass is 9.30. The molecule has 3 N–H and O–H groups in total. The van der Waals surface area contributed by atoms with Crippen LogP contribution in [0.2, 0.25) is 0 Å². The normalized spacial score (nSPS) is 51.8. The minimum atomic E-state index is -0.643. The Hall–Kier alpha value is -1.20. The van der Waals surface area contributed by atoms with Gasteiger partial charge in [0.05, 0.1) is 24.2 Å². The highest BCUT2D eigenvalue weighted by molar-refractivity contribution is 5.79. The maximum absolute atomic E-state index is 13.9. The summed E-state index contributed by atoms with van der Waals surface area (Å²) in [5.74, 6) is 0.00277. The maximum atomic E-state index is 13.9. The van der Waals surface area contributed by atoms with Crippen LogP contribution in [0.5, 0.6) is 0 Å². The molecule has 0 saturated heterocycles. The van der Waals surface area contributed by atoms with Gasteiger partial charge in [0.25, 0.3) is 0 Å². The number of aliphatic hydroxyl groups excluding tert-OH is 2. The van der Waals surface area contributed by atoms with Crippen LogP contribution in [-0.2, 0) is 9.53 Å². The summed E-state index contributed by atoms with van der Waals surface area (Å²) in [4.78, 5) is 13.9. The molecule has 5 aliphatic carbocycles. The van der Waals surface area contributed by atoms with Gasteiger partial charge >= 0.3 is 5.97 Å². The summed E-state index contributed by atoms with van der Waals surface area (Å²) in [6.45, 7) is 20.9. The van der Waals surface area contributed by atoms with Crippen molar-refractivity contribution >= 4 is 12.2 Å². The molecule has 5 nitrogen and oxygen atoms in total. The average molecular weight is 542 g/mol. The molecule has 0 aromatic rings. The van der Waals surface area contributed by atoms with Gasteiger partial charge in [-0.3, -0.25) is 4.79 Å². The Balaban J connectivity index is 1.69. The van der Waals surface area contributed by atoms with E-state index in [1.807, 2.05) is 6.92 Å². The Morgan fingerprint density at radius 1 is 1.00 bits per heavy atom. The average Bonchev–Trinajstić information content (AvgIpc) is 2.82. The quantitative estimate of drug-likeness (QED) is 0.205. The summed E-state index contributed by atoms with van der Waals surface area (Å²) in [6.07, 6.45) is 9.75. The largest absolute Gasteiger partial charge is 0.466 e. The van der Waals surface area contributed by atoms with Crippen LogP contribution in [0.25, 0.3) is 0 Å². The predicted octanol–water partition coefficient (Wildman–Crippen LogP) is 6.95. The lowest BCUT2D eigenvalue weighted by Crippen LogP contribution is -2.70. The van der Waals surface area contributed by atoms with E-state index in [-0.39, 0.29) is 56.2 Å². The van der Waals surface area contributed by atoms with Crippen molar-refractivity contribution in [2.45, 2.75) is 126 Å². The van der Waals surface area contributed by atoms with Crippen LogP contribution < -0.4 is 0 Å². The van der Waals surface area contributed by atoms with E-state index in [9.17, 15) is 15.0 Å². The number of rotatable bonds is 3. The molecule has 5 heteroatoms. The van der Waals surface area contributed by atoms with Gasteiger partial charge in [0, 0.05) is 18.1 Å². The second kappa shape index (κ2) is 8.66. The van der Waals surface area contributed by atoms with Gasteiger partial charge in [-0.1, -0.05) is 67.0 Å². The first-order chi connectivity index (χ1) is 17.9. The van der Waals surface area contributed by atoms with Gasteiger partial charge in [0.15, 0.2) is 0 Å². The Morgan fingerprint density at radius 3 is 2.26 bits per heavy atom.